The maximum absolute atomic E-state index is 13.3. The molecule has 186 valence electrons. The van der Waals surface area contributed by atoms with E-state index in [1.54, 1.807) is 11.8 Å². The van der Waals surface area contributed by atoms with Gasteiger partial charge in [-0.3, -0.25) is 9.59 Å². The molecule has 0 radical (unpaired) electrons. The molecule has 1 atom stereocenters. The second kappa shape index (κ2) is 14.0. The standard InChI is InChI=1S/C27H37BrN2O4/c1-6-33-24-14-10-21(16-25(24)34-7-2)11-15-26(31)30(18-22-8-12-23(28)13-9-22)20(5)27(32)29-17-19(3)4/h8-10,12-14,16,19-20H,6-7,11,15,17-18H2,1-5H3,(H,29,32). The van der Waals surface area contributed by atoms with Crippen LogP contribution in [0.25, 0.3) is 0 Å². The van der Waals surface area contributed by atoms with E-state index in [2.05, 4.69) is 21.2 Å². The summed E-state index contributed by atoms with van der Waals surface area (Å²) in [7, 11) is 0. The first-order valence-corrected chi connectivity index (χ1v) is 12.7. The molecule has 0 bridgehead atoms. The lowest BCUT2D eigenvalue weighted by Crippen LogP contribution is -2.48. The summed E-state index contributed by atoms with van der Waals surface area (Å²) >= 11 is 3.45. The van der Waals surface area contributed by atoms with Crippen molar-refractivity contribution in [1.29, 1.82) is 0 Å². The summed E-state index contributed by atoms with van der Waals surface area (Å²) in [5, 5.41) is 2.95. The Kier molecular flexibility index (Phi) is 11.4. The van der Waals surface area contributed by atoms with Crippen LogP contribution in [0.2, 0.25) is 0 Å². The van der Waals surface area contributed by atoms with Crippen molar-refractivity contribution < 1.29 is 19.1 Å². The molecule has 2 aromatic rings. The molecular weight excluding hydrogens is 496 g/mol. The molecule has 0 saturated heterocycles. The van der Waals surface area contributed by atoms with Crippen molar-refractivity contribution in [1.82, 2.24) is 10.2 Å². The van der Waals surface area contributed by atoms with Gasteiger partial charge >= 0.3 is 0 Å². The Morgan fingerprint density at radius 1 is 0.941 bits per heavy atom. The quantitative estimate of drug-likeness (QED) is 0.376. The average Bonchev–Trinajstić information content (AvgIpc) is 2.81. The minimum atomic E-state index is -0.575. The Labute approximate surface area is 212 Å². The number of aryl methyl sites for hydroxylation is 1. The van der Waals surface area contributed by atoms with Crippen LogP contribution in [0.1, 0.15) is 52.2 Å². The van der Waals surface area contributed by atoms with Gasteiger partial charge in [-0.25, -0.2) is 0 Å². The zero-order chi connectivity index (χ0) is 25.1. The molecule has 7 heteroatoms. The number of benzene rings is 2. The molecule has 0 aliphatic carbocycles. The average molecular weight is 534 g/mol. The van der Waals surface area contributed by atoms with Crippen molar-refractivity contribution in [3.05, 3.63) is 58.1 Å². The SMILES string of the molecule is CCOc1ccc(CCC(=O)N(Cc2ccc(Br)cc2)C(C)C(=O)NCC(C)C)cc1OCC. The van der Waals surface area contributed by atoms with Gasteiger partial charge in [0.1, 0.15) is 6.04 Å². The van der Waals surface area contributed by atoms with E-state index < -0.39 is 6.04 Å². The highest BCUT2D eigenvalue weighted by atomic mass is 79.9. The highest BCUT2D eigenvalue weighted by Crippen LogP contribution is 2.29. The van der Waals surface area contributed by atoms with Crippen LogP contribution in [-0.2, 0) is 22.6 Å². The Morgan fingerprint density at radius 2 is 1.56 bits per heavy atom. The number of amides is 2. The summed E-state index contributed by atoms with van der Waals surface area (Å²) in [6, 6.07) is 13.0. The Morgan fingerprint density at radius 3 is 2.18 bits per heavy atom. The maximum Gasteiger partial charge on any atom is 0.242 e. The van der Waals surface area contributed by atoms with Crippen LogP contribution in [0.5, 0.6) is 11.5 Å². The fraction of sp³-hybridized carbons (Fsp3) is 0.481. The van der Waals surface area contributed by atoms with Crippen LogP contribution in [0.15, 0.2) is 46.9 Å². The van der Waals surface area contributed by atoms with E-state index in [0.29, 0.717) is 50.1 Å². The number of carbonyl (C=O) groups excluding carboxylic acids is 2. The molecule has 0 aliphatic rings. The van der Waals surface area contributed by atoms with Crippen molar-refractivity contribution in [2.24, 2.45) is 5.92 Å². The molecule has 6 nitrogen and oxygen atoms in total. The predicted octanol–water partition coefficient (Wildman–Crippen LogP) is 5.37. The molecular formula is C27H37BrN2O4. The fourth-order valence-electron chi connectivity index (χ4n) is 3.47. The first-order valence-electron chi connectivity index (χ1n) is 11.9. The molecule has 0 saturated carbocycles. The first kappa shape index (κ1) is 27.7. The zero-order valence-electron chi connectivity index (χ0n) is 20.9. The van der Waals surface area contributed by atoms with Gasteiger partial charge in [-0.05, 0) is 68.5 Å². The van der Waals surface area contributed by atoms with E-state index >= 15 is 0 Å². The molecule has 1 unspecified atom stereocenters. The van der Waals surface area contributed by atoms with Crippen LogP contribution < -0.4 is 14.8 Å². The third kappa shape index (κ3) is 8.67. The van der Waals surface area contributed by atoms with E-state index in [4.69, 9.17) is 9.47 Å². The van der Waals surface area contributed by atoms with Crippen molar-refractivity contribution in [2.45, 2.75) is 60.0 Å². The van der Waals surface area contributed by atoms with Gasteiger partial charge in [0.25, 0.3) is 0 Å². The number of carbonyl (C=O) groups is 2. The molecule has 0 aliphatic heterocycles. The lowest BCUT2D eigenvalue weighted by atomic mass is 10.1. The van der Waals surface area contributed by atoms with Gasteiger partial charge in [0.15, 0.2) is 11.5 Å². The molecule has 34 heavy (non-hydrogen) atoms. The van der Waals surface area contributed by atoms with Gasteiger partial charge in [-0.2, -0.15) is 0 Å². The lowest BCUT2D eigenvalue weighted by Gasteiger charge is -2.29. The van der Waals surface area contributed by atoms with Crippen molar-refractivity contribution in [2.75, 3.05) is 19.8 Å². The van der Waals surface area contributed by atoms with Crippen molar-refractivity contribution in [3.8, 4) is 11.5 Å². The van der Waals surface area contributed by atoms with Crippen LogP contribution in [-0.4, -0.2) is 42.5 Å². The summed E-state index contributed by atoms with van der Waals surface area (Å²) in [5.41, 5.74) is 1.96. The molecule has 0 heterocycles. The van der Waals surface area contributed by atoms with E-state index in [1.165, 1.54) is 0 Å². The molecule has 2 rings (SSSR count). The van der Waals surface area contributed by atoms with Gasteiger partial charge < -0.3 is 19.7 Å². The number of hydrogen-bond donors (Lipinski definition) is 1. The van der Waals surface area contributed by atoms with E-state index in [1.807, 2.05) is 70.2 Å². The molecule has 1 N–H and O–H groups in total. The van der Waals surface area contributed by atoms with Gasteiger partial charge in [0.2, 0.25) is 11.8 Å². The number of ether oxygens (including phenoxy) is 2. The molecule has 0 spiro atoms. The van der Waals surface area contributed by atoms with Crippen LogP contribution >= 0.6 is 15.9 Å². The smallest absolute Gasteiger partial charge is 0.242 e. The Bertz CT molecular complexity index is 931. The highest BCUT2D eigenvalue weighted by molar-refractivity contribution is 9.10. The summed E-state index contributed by atoms with van der Waals surface area (Å²) in [5.74, 6) is 1.51. The number of nitrogens with one attached hydrogen (secondary N) is 1. The highest BCUT2D eigenvalue weighted by Gasteiger charge is 2.26. The minimum absolute atomic E-state index is 0.0676. The third-order valence-electron chi connectivity index (χ3n) is 5.35. The number of rotatable bonds is 13. The molecule has 2 amide bonds. The Hall–Kier alpha value is -2.54. The number of nitrogens with zero attached hydrogens (tertiary/aromatic N) is 1. The first-order chi connectivity index (χ1) is 16.2. The topological polar surface area (TPSA) is 67.9 Å². The van der Waals surface area contributed by atoms with Crippen molar-refractivity contribution in [3.63, 3.8) is 0 Å². The molecule has 0 fully saturated rings. The van der Waals surface area contributed by atoms with E-state index in [9.17, 15) is 9.59 Å². The largest absolute Gasteiger partial charge is 0.490 e. The van der Waals surface area contributed by atoms with E-state index in [-0.39, 0.29) is 18.2 Å². The summed E-state index contributed by atoms with van der Waals surface area (Å²) in [4.78, 5) is 27.8. The lowest BCUT2D eigenvalue weighted by molar-refractivity contribution is -0.140. The van der Waals surface area contributed by atoms with Gasteiger partial charge in [-0.1, -0.05) is 48.0 Å². The minimum Gasteiger partial charge on any atom is -0.490 e. The molecule has 2 aromatic carbocycles. The second-order valence-electron chi connectivity index (χ2n) is 8.61. The van der Waals surface area contributed by atoms with Gasteiger partial charge in [0, 0.05) is 24.0 Å². The second-order valence-corrected chi connectivity index (χ2v) is 9.53. The summed E-state index contributed by atoms with van der Waals surface area (Å²) in [6.07, 6.45) is 0.834. The number of halogens is 1. The van der Waals surface area contributed by atoms with Crippen LogP contribution in [0, 0.1) is 5.92 Å². The van der Waals surface area contributed by atoms with E-state index in [0.717, 1.165) is 15.6 Å². The maximum atomic E-state index is 13.3. The normalized spacial score (nSPS) is 11.7. The fourth-order valence-corrected chi connectivity index (χ4v) is 3.73. The number of hydrogen-bond acceptors (Lipinski definition) is 4. The predicted molar refractivity (Wildman–Crippen MR) is 139 cm³/mol. The Balaban J connectivity index is 2.16. The van der Waals surface area contributed by atoms with Crippen LogP contribution in [0.4, 0.5) is 0 Å². The zero-order valence-corrected chi connectivity index (χ0v) is 22.5. The van der Waals surface area contributed by atoms with Crippen LogP contribution in [0.3, 0.4) is 0 Å². The molecule has 0 aromatic heterocycles. The van der Waals surface area contributed by atoms with Gasteiger partial charge in [0.05, 0.1) is 13.2 Å². The summed E-state index contributed by atoms with van der Waals surface area (Å²) in [6.45, 7) is 11.8. The monoisotopic (exact) mass is 532 g/mol. The van der Waals surface area contributed by atoms with Crippen molar-refractivity contribution >= 4 is 27.7 Å². The summed E-state index contributed by atoms with van der Waals surface area (Å²) < 4.78 is 12.3. The third-order valence-corrected chi connectivity index (χ3v) is 5.88. The van der Waals surface area contributed by atoms with Gasteiger partial charge in [-0.15, -0.1) is 0 Å².